The minimum Gasteiger partial charge on any atom is -0.482 e. The average molecular weight is 421 g/mol. The fraction of sp³-hybridized carbons (Fsp3) is 0.261. The van der Waals surface area contributed by atoms with E-state index in [-0.39, 0.29) is 23.5 Å². The lowest BCUT2D eigenvalue weighted by molar-refractivity contribution is -0.384. The van der Waals surface area contributed by atoms with Gasteiger partial charge in [0.1, 0.15) is 18.6 Å². The molecule has 2 aromatic carbocycles. The van der Waals surface area contributed by atoms with Crippen LogP contribution in [0, 0.1) is 10.1 Å². The minimum absolute atomic E-state index is 0.0177. The Balaban J connectivity index is 1.31. The van der Waals surface area contributed by atoms with Gasteiger partial charge in [-0.2, -0.15) is 0 Å². The Kier molecular flexibility index (Phi) is 6.28. The molecular formula is C23H23N3O5. The summed E-state index contributed by atoms with van der Waals surface area (Å²) in [5.41, 5.74) is 1.54. The van der Waals surface area contributed by atoms with Gasteiger partial charge in [0, 0.05) is 50.1 Å². The second-order valence-electron chi connectivity index (χ2n) is 7.39. The first-order valence-electron chi connectivity index (χ1n) is 10.1. The zero-order chi connectivity index (χ0) is 21.6. The molecule has 2 heterocycles. The lowest BCUT2D eigenvalue weighted by atomic mass is 10.2. The highest BCUT2D eigenvalue weighted by atomic mass is 16.6. The van der Waals surface area contributed by atoms with Crippen LogP contribution in [-0.4, -0.2) is 36.0 Å². The highest BCUT2D eigenvalue weighted by molar-refractivity contribution is 5.46. The zero-order valence-electron chi connectivity index (χ0n) is 17.0. The van der Waals surface area contributed by atoms with E-state index in [0.717, 1.165) is 26.2 Å². The Bertz CT molecular complexity index is 1090. The number of non-ortho nitro benzene ring substituents is 1. The monoisotopic (exact) mass is 421 g/mol. The number of piperazine rings is 1. The molecule has 4 rings (SSSR count). The third kappa shape index (κ3) is 5.29. The summed E-state index contributed by atoms with van der Waals surface area (Å²) in [6.45, 7) is 4.20. The third-order valence-corrected chi connectivity index (χ3v) is 5.24. The van der Waals surface area contributed by atoms with E-state index in [4.69, 9.17) is 9.15 Å². The summed E-state index contributed by atoms with van der Waals surface area (Å²) in [4.78, 5) is 27.4. The molecule has 8 heteroatoms. The molecule has 1 saturated heterocycles. The normalized spacial score (nSPS) is 14.4. The molecule has 0 N–H and O–H groups in total. The van der Waals surface area contributed by atoms with Crippen LogP contribution in [0.2, 0.25) is 0 Å². The van der Waals surface area contributed by atoms with E-state index < -0.39 is 4.92 Å². The van der Waals surface area contributed by atoms with Gasteiger partial charge in [-0.25, -0.2) is 0 Å². The molecule has 1 aliphatic heterocycles. The number of rotatable bonds is 7. The number of nitro benzene ring substituents is 1. The molecule has 0 atom stereocenters. The number of nitro groups is 1. The predicted octanol–water partition coefficient (Wildman–Crippen LogP) is 3.45. The number of hydrogen-bond donors (Lipinski definition) is 0. The van der Waals surface area contributed by atoms with Gasteiger partial charge in [-0.1, -0.05) is 30.3 Å². The fourth-order valence-electron chi connectivity index (χ4n) is 3.57. The fourth-order valence-corrected chi connectivity index (χ4v) is 3.57. The Morgan fingerprint density at radius 1 is 1.00 bits per heavy atom. The van der Waals surface area contributed by atoms with Crippen LogP contribution in [0.5, 0.6) is 5.75 Å². The number of ether oxygens (including phenoxy) is 1. The van der Waals surface area contributed by atoms with Crippen molar-refractivity contribution in [3.63, 3.8) is 0 Å². The molecule has 0 spiro atoms. The van der Waals surface area contributed by atoms with E-state index in [9.17, 15) is 14.9 Å². The van der Waals surface area contributed by atoms with Crippen molar-refractivity contribution in [1.29, 1.82) is 0 Å². The van der Waals surface area contributed by atoms with Gasteiger partial charge in [0.05, 0.1) is 11.5 Å². The van der Waals surface area contributed by atoms with Crippen molar-refractivity contribution in [2.45, 2.75) is 13.2 Å². The molecule has 0 amide bonds. The standard InChI is InChI=1S/C23H23N3O5/c27-22-14-21(15-24-9-11-25(12-10-24)19-6-2-1-3-7-19)30-17-23(22)31-16-18-5-4-8-20(13-18)26(28)29/h1-8,13-14,17H,9-12,15-16H2. The zero-order valence-corrected chi connectivity index (χ0v) is 17.0. The Morgan fingerprint density at radius 2 is 1.77 bits per heavy atom. The SMILES string of the molecule is O=c1cc(CN2CCN(c3ccccc3)CC2)occ1OCc1cccc([N+](=O)[O-])c1. The summed E-state index contributed by atoms with van der Waals surface area (Å²) in [5.74, 6) is 0.671. The van der Waals surface area contributed by atoms with Crippen molar-refractivity contribution in [2.24, 2.45) is 0 Å². The van der Waals surface area contributed by atoms with Crippen molar-refractivity contribution < 1.29 is 14.1 Å². The molecule has 3 aromatic rings. The average Bonchev–Trinajstić information content (AvgIpc) is 2.80. The summed E-state index contributed by atoms with van der Waals surface area (Å²) >= 11 is 0. The van der Waals surface area contributed by atoms with Crippen molar-refractivity contribution >= 4 is 11.4 Å². The van der Waals surface area contributed by atoms with Gasteiger partial charge < -0.3 is 14.1 Å². The van der Waals surface area contributed by atoms with Gasteiger partial charge in [-0.05, 0) is 17.7 Å². The molecule has 0 aliphatic carbocycles. The molecule has 0 bridgehead atoms. The maximum absolute atomic E-state index is 12.4. The summed E-state index contributed by atoms with van der Waals surface area (Å²) in [6, 6.07) is 17.9. The van der Waals surface area contributed by atoms with Gasteiger partial charge in [0.2, 0.25) is 11.2 Å². The molecule has 1 aromatic heterocycles. The third-order valence-electron chi connectivity index (χ3n) is 5.24. The van der Waals surface area contributed by atoms with Crippen LogP contribution in [0.15, 0.2) is 76.1 Å². The Morgan fingerprint density at radius 3 is 2.48 bits per heavy atom. The van der Waals surface area contributed by atoms with Crippen molar-refractivity contribution in [1.82, 2.24) is 4.90 Å². The number of para-hydroxylation sites is 1. The molecule has 31 heavy (non-hydrogen) atoms. The van der Waals surface area contributed by atoms with E-state index in [0.29, 0.717) is 17.9 Å². The summed E-state index contributed by atoms with van der Waals surface area (Å²) in [6.07, 6.45) is 1.31. The van der Waals surface area contributed by atoms with Crippen LogP contribution in [0.4, 0.5) is 11.4 Å². The van der Waals surface area contributed by atoms with Gasteiger partial charge in [0.25, 0.3) is 5.69 Å². The quantitative estimate of drug-likeness (QED) is 0.426. The maximum atomic E-state index is 12.4. The van der Waals surface area contributed by atoms with Crippen LogP contribution in [0.1, 0.15) is 11.3 Å². The number of nitrogens with zero attached hydrogens (tertiary/aromatic N) is 3. The second-order valence-corrected chi connectivity index (χ2v) is 7.39. The molecule has 1 fully saturated rings. The second kappa shape index (κ2) is 9.44. The van der Waals surface area contributed by atoms with E-state index in [1.54, 1.807) is 12.1 Å². The Labute approximate surface area is 179 Å². The van der Waals surface area contributed by atoms with Crippen LogP contribution < -0.4 is 15.1 Å². The first kappa shape index (κ1) is 20.6. The topological polar surface area (TPSA) is 89.1 Å². The largest absolute Gasteiger partial charge is 0.482 e. The number of benzene rings is 2. The first-order chi connectivity index (χ1) is 15.1. The minimum atomic E-state index is -0.466. The van der Waals surface area contributed by atoms with Crippen LogP contribution in [0.3, 0.4) is 0 Å². The van der Waals surface area contributed by atoms with Crippen LogP contribution in [0.25, 0.3) is 0 Å². The smallest absolute Gasteiger partial charge is 0.269 e. The van der Waals surface area contributed by atoms with Crippen molar-refractivity contribution in [2.75, 3.05) is 31.1 Å². The molecule has 8 nitrogen and oxygen atoms in total. The Hall–Kier alpha value is -3.65. The highest BCUT2D eigenvalue weighted by Crippen LogP contribution is 2.18. The molecule has 1 aliphatic rings. The van der Waals surface area contributed by atoms with Crippen molar-refractivity contribution in [3.05, 3.63) is 98.6 Å². The lowest BCUT2D eigenvalue weighted by Gasteiger charge is -2.35. The summed E-state index contributed by atoms with van der Waals surface area (Å²) in [7, 11) is 0. The van der Waals surface area contributed by atoms with Crippen molar-refractivity contribution in [3.8, 4) is 5.75 Å². The first-order valence-corrected chi connectivity index (χ1v) is 10.1. The highest BCUT2D eigenvalue weighted by Gasteiger charge is 2.18. The molecular weight excluding hydrogens is 398 g/mol. The summed E-state index contributed by atoms with van der Waals surface area (Å²) < 4.78 is 11.1. The molecule has 0 saturated carbocycles. The van der Waals surface area contributed by atoms with E-state index >= 15 is 0 Å². The van der Waals surface area contributed by atoms with E-state index in [2.05, 4.69) is 21.9 Å². The van der Waals surface area contributed by atoms with Crippen LogP contribution >= 0.6 is 0 Å². The van der Waals surface area contributed by atoms with Crippen LogP contribution in [-0.2, 0) is 13.2 Å². The van der Waals surface area contributed by atoms with Gasteiger partial charge in [-0.3, -0.25) is 19.8 Å². The predicted molar refractivity (Wildman–Crippen MR) is 116 cm³/mol. The van der Waals surface area contributed by atoms with E-state index in [1.165, 1.54) is 30.1 Å². The number of anilines is 1. The maximum Gasteiger partial charge on any atom is 0.269 e. The molecule has 0 unspecified atom stereocenters. The lowest BCUT2D eigenvalue weighted by Crippen LogP contribution is -2.46. The molecule has 0 radical (unpaired) electrons. The van der Waals surface area contributed by atoms with Gasteiger partial charge in [-0.15, -0.1) is 0 Å². The van der Waals surface area contributed by atoms with Gasteiger partial charge >= 0.3 is 0 Å². The van der Waals surface area contributed by atoms with Gasteiger partial charge in [0.15, 0.2) is 0 Å². The molecule has 160 valence electrons. The number of hydrogen-bond acceptors (Lipinski definition) is 7. The summed E-state index contributed by atoms with van der Waals surface area (Å²) in [5, 5.41) is 10.9. The van der Waals surface area contributed by atoms with E-state index in [1.807, 2.05) is 18.2 Å².